The number of anilines is 2. The second-order valence-corrected chi connectivity index (χ2v) is 7.52. The third kappa shape index (κ3) is 3.53. The number of hydrogen-bond acceptors (Lipinski definition) is 5. The molecule has 2 aromatic carbocycles. The summed E-state index contributed by atoms with van der Waals surface area (Å²) in [5, 5.41) is 7.10. The second-order valence-electron chi connectivity index (χ2n) is 6.52. The Morgan fingerprint density at radius 2 is 1.96 bits per heavy atom. The average Bonchev–Trinajstić information content (AvgIpc) is 3.26. The lowest BCUT2D eigenvalue weighted by molar-refractivity contribution is 0.0940. The smallest absolute Gasteiger partial charge is 0.263 e. The van der Waals surface area contributed by atoms with Crippen LogP contribution in [0, 0.1) is 6.92 Å². The molecule has 0 bridgehead atoms. The molecule has 0 saturated heterocycles. The molecule has 27 heavy (non-hydrogen) atoms. The van der Waals surface area contributed by atoms with Crippen molar-refractivity contribution in [3.63, 3.8) is 0 Å². The SMILES string of the molecule is COc1ccccc1Nc1nc(C)c(C(=O)NC2CCc3ccccc32)s1. The third-order valence-corrected chi connectivity index (χ3v) is 5.86. The molecule has 5 nitrogen and oxygen atoms in total. The zero-order valence-corrected chi connectivity index (χ0v) is 16.1. The third-order valence-electron chi connectivity index (χ3n) is 4.79. The number of rotatable bonds is 5. The maximum atomic E-state index is 12.8. The molecule has 1 heterocycles. The molecule has 2 N–H and O–H groups in total. The fraction of sp³-hybridized carbons (Fsp3) is 0.238. The Bertz CT molecular complexity index is 983. The zero-order chi connectivity index (χ0) is 18.8. The van der Waals surface area contributed by atoms with Crippen LogP contribution in [0.15, 0.2) is 48.5 Å². The van der Waals surface area contributed by atoms with Crippen LogP contribution in [0.4, 0.5) is 10.8 Å². The largest absolute Gasteiger partial charge is 0.495 e. The van der Waals surface area contributed by atoms with Gasteiger partial charge in [-0.15, -0.1) is 0 Å². The highest BCUT2D eigenvalue weighted by molar-refractivity contribution is 7.17. The van der Waals surface area contributed by atoms with Gasteiger partial charge in [-0.1, -0.05) is 47.7 Å². The lowest BCUT2D eigenvalue weighted by Gasteiger charge is -2.13. The molecule has 4 rings (SSSR count). The first-order valence-corrected chi connectivity index (χ1v) is 9.73. The van der Waals surface area contributed by atoms with E-state index >= 15 is 0 Å². The summed E-state index contributed by atoms with van der Waals surface area (Å²) in [4.78, 5) is 18.0. The van der Waals surface area contributed by atoms with E-state index in [4.69, 9.17) is 4.74 Å². The van der Waals surface area contributed by atoms with Gasteiger partial charge in [0.05, 0.1) is 24.5 Å². The predicted octanol–water partition coefficient (Wildman–Crippen LogP) is 4.62. The van der Waals surface area contributed by atoms with Gasteiger partial charge in [0.15, 0.2) is 5.13 Å². The molecule has 0 spiro atoms. The number of fused-ring (bicyclic) bond motifs is 1. The lowest BCUT2D eigenvalue weighted by Crippen LogP contribution is -2.26. The van der Waals surface area contributed by atoms with E-state index in [2.05, 4.69) is 27.8 Å². The van der Waals surface area contributed by atoms with Crippen LogP contribution in [0.5, 0.6) is 5.75 Å². The van der Waals surface area contributed by atoms with Crippen molar-refractivity contribution < 1.29 is 9.53 Å². The van der Waals surface area contributed by atoms with Gasteiger partial charge in [0.2, 0.25) is 0 Å². The molecule has 1 unspecified atom stereocenters. The van der Waals surface area contributed by atoms with Gasteiger partial charge in [-0.25, -0.2) is 4.98 Å². The molecule has 0 fully saturated rings. The number of nitrogens with one attached hydrogen (secondary N) is 2. The van der Waals surface area contributed by atoms with E-state index < -0.39 is 0 Å². The Morgan fingerprint density at radius 3 is 2.81 bits per heavy atom. The molecule has 1 aliphatic carbocycles. The molecule has 1 aliphatic rings. The van der Waals surface area contributed by atoms with Crippen LogP contribution in [0.1, 0.15) is 39.0 Å². The van der Waals surface area contributed by atoms with Gasteiger partial charge in [-0.05, 0) is 43.0 Å². The number of aromatic nitrogens is 1. The van der Waals surface area contributed by atoms with Crippen molar-refractivity contribution >= 4 is 28.1 Å². The fourth-order valence-corrected chi connectivity index (χ4v) is 4.34. The highest BCUT2D eigenvalue weighted by Gasteiger charge is 2.25. The second kappa shape index (κ2) is 7.40. The van der Waals surface area contributed by atoms with Gasteiger partial charge in [0.25, 0.3) is 5.91 Å². The van der Waals surface area contributed by atoms with Crippen LogP contribution in [0.25, 0.3) is 0 Å². The Kier molecular flexibility index (Phi) is 4.81. The van der Waals surface area contributed by atoms with E-state index in [1.165, 1.54) is 22.5 Å². The van der Waals surface area contributed by atoms with Crippen molar-refractivity contribution in [2.45, 2.75) is 25.8 Å². The van der Waals surface area contributed by atoms with Crippen molar-refractivity contribution in [1.82, 2.24) is 10.3 Å². The van der Waals surface area contributed by atoms with Gasteiger partial charge >= 0.3 is 0 Å². The number of benzene rings is 2. The monoisotopic (exact) mass is 379 g/mol. The van der Waals surface area contributed by atoms with E-state index in [1.807, 2.05) is 43.3 Å². The minimum atomic E-state index is -0.0696. The summed E-state index contributed by atoms with van der Waals surface area (Å²) >= 11 is 1.36. The van der Waals surface area contributed by atoms with E-state index in [-0.39, 0.29) is 11.9 Å². The predicted molar refractivity (Wildman–Crippen MR) is 108 cm³/mol. The number of nitrogens with zero attached hydrogens (tertiary/aromatic N) is 1. The van der Waals surface area contributed by atoms with E-state index in [0.29, 0.717) is 10.0 Å². The van der Waals surface area contributed by atoms with Crippen LogP contribution in [-0.4, -0.2) is 18.0 Å². The number of thiazole rings is 1. The summed E-state index contributed by atoms with van der Waals surface area (Å²) in [6, 6.07) is 16.0. The minimum Gasteiger partial charge on any atom is -0.495 e. The van der Waals surface area contributed by atoms with Gasteiger partial charge in [-0.3, -0.25) is 4.79 Å². The lowest BCUT2D eigenvalue weighted by atomic mass is 10.1. The first kappa shape index (κ1) is 17.5. The molecule has 0 aliphatic heterocycles. The van der Waals surface area contributed by atoms with Crippen molar-refractivity contribution in [2.75, 3.05) is 12.4 Å². The molecular weight excluding hydrogens is 358 g/mol. The Labute approximate surface area is 162 Å². The van der Waals surface area contributed by atoms with Crippen LogP contribution >= 0.6 is 11.3 Å². The first-order valence-electron chi connectivity index (χ1n) is 8.92. The molecule has 1 amide bonds. The number of methoxy groups -OCH3 is 1. The number of carbonyl (C=O) groups excluding carboxylic acids is 1. The van der Waals surface area contributed by atoms with Crippen molar-refractivity contribution in [3.05, 3.63) is 70.2 Å². The summed E-state index contributed by atoms with van der Waals surface area (Å²) < 4.78 is 5.36. The van der Waals surface area contributed by atoms with Gasteiger partial charge in [0.1, 0.15) is 10.6 Å². The maximum absolute atomic E-state index is 12.8. The summed E-state index contributed by atoms with van der Waals surface area (Å²) in [5.74, 6) is 0.665. The quantitative estimate of drug-likeness (QED) is 0.679. The normalized spacial score (nSPS) is 15.3. The zero-order valence-electron chi connectivity index (χ0n) is 15.3. The average molecular weight is 379 g/mol. The standard InChI is InChI=1S/C21H21N3O2S/c1-13-19(20(25)23-16-12-11-14-7-3-4-8-15(14)16)27-21(22-13)24-17-9-5-6-10-18(17)26-2/h3-10,16H,11-12H2,1-2H3,(H,22,24)(H,23,25). The van der Waals surface area contributed by atoms with Gasteiger partial charge in [-0.2, -0.15) is 0 Å². The van der Waals surface area contributed by atoms with E-state index in [0.717, 1.165) is 30.0 Å². The Hall–Kier alpha value is -2.86. The number of ether oxygens (including phenoxy) is 1. The molecule has 138 valence electrons. The number of hydrogen-bond donors (Lipinski definition) is 2. The number of amides is 1. The van der Waals surface area contributed by atoms with Crippen LogP contribution in [-0.2, 0) is 6.42 Å². The van der Waals surface area contributed by atoms with Crippen molar-refractivity contribution in [2.24, 2.45) is 0 Å². The minimum absolute atomic E-state index is 0.0696. The topological polar surface area (TPSA) is 63.2 Å². The number of carbonyl (C=O) groups is 1. The molecule has 3 aromatic rings. The molecule has 1 atom stereocenters. The van der Waals surface area contributed by atoms with E-state index in [9.17, 15) is 4.79 Å². The summed E-state index contributed by atoms with van der Waals surface area (Å²) in [6.07, 6.45) is 1.94. The highest BCUT2D eigenvalue weighted by Crippen LogP contribution is 2.33. The summed E-state index contributed by atoms with van der Waals surface area (Å²) in [6.45, 7) is 1.86. The molecule has 0 radical (unpaired) electrons. The Balaban J connectivity index is 1.51. The van der Waals surface area contributed by atoms with Crippen molar-refractivity contribution in [1.29, 1.82) is 0 Å². The molecule has 1 aromatic heterocycles. The first-order chi connectivity index (χ1) is 13.2. The summed E-state index contributed by atoms with van der Waals surface area (Å²) in [5.41, 5.74) is 4.09. The number of aryl methyl sites for hydroxylation is 2. The van der Waals surface area contributed by atoms with Crippen molar-refractivity contribution in [3.8, 4) is 5.75 Å². The van der Waals surface area contributed by atoms with Crippen LogP contribution in [0.3, 0.4) is 0 Å². The van der Waals surface area contributed by atoms with Gasteiger partial charge in [0, 0.05) is 0 Å². The van der Waals surface area contributed by atoms with Crippen LogP contribution < -0.4 is 15.4 Å². The fourth-order valence-electron chi connectivity index (χ4n) is 3.45. The molecule has 6 heteroatoms. The van der Waals surface area contributed by atoms with Crippen LogP contribution in [0.2, 0.25) is 0 Å². The molecule has 0 saturated carbocycles. The van der Waals surface area contributed by atoms with E-state index in [1.54, 1.807) is 7.11 Å². The maximum Gasteiger partial charge on any atom is 0.263 e. The number of para-hydroxylation sites is 2. The van der Waals surface area contributed by atoms with Gasteiger partial charge < -0.3 is 15.4 Å². The molecular formula is C21H21N3O2S. The Morgan fingerprint density at radius 1 is 1.19 bits per heavy atom. The summed E-state index contributed by atoms with van der Waals surface area (Å²) in [7, 11) is 1.63. The highest BCUT2D eigenvalue weighted by atomic mass is 32.1.